The molecule has 2 aliphatic rings. The van der Waals surface area contributed by atoms with Crippen LogP contribution in [0.25, 0.3) is 0 Å². The first-order valence-corrected chi connectivity index (χ1v) is 7.62. The lowest BCUT2D eigenvalue weighted by molar-refractivity contribution is -0.111. The lowest BCUT2D eigenvalue weighted by Gasteiger charge is -2.32. The monoisotopic (exact) mass is 293 g/mol. The van der Waals surface area contributed by atoms with E-state index < -0.39 is 0 Å². The second kappa shape index (κ2) is 5.09. The molecule has 1 aromatic rings. The molecule has 0 amide bonds. The molecule has 1 aromatic heterocycles. The van der Waals surface area contributed by atoms with Crippen LogP contribution in [0.5, 0.6) is 0 Å². The lowest BCUT2D eigenvalue weighted by Crippen LogP contribution is -2.41. The van der Waals surface area contributed by atoms with Gasteiger partial charge in [0.25, 0.3) is 0 Å². The molecule has 0 aliphatic carbocycles. The lowest BCUT2D eigenvalue weighted by atomic mass is 9.82. The van der Waals surface area contributed by atoms with Gasteiger partial charge in [0.15, 0.2) is 0 Å². The van der Waals surface area contributed by atoms with E-state index in [0.717, 1.165) is 18.3 Å². The van der Waals surface area contributed by atoms with Gasteiger partial charge < -0.3 is 14.5 Å². The molecule has 0 atom stereocenters. The number of piperidine rings is 1. The van der Waals surface area contributed by atoms with Crippen molar-refractivity contribution in [3.63, 3.8) is 0 Å². The van der Waals surface area contributed by atoms with Crippen molar-refractivity contribution in [2.45, 2.75) is 57.8 Å². The Balaban J connectivity index is 1.71. The van der Waals surface area contributed by atoms with Gasteiger partial charge in [-0.05, 0) is 40.5 Å². The van der Waals surface area contributed by atoms with E-state index >= 15 is 0 Å². The number of hydroxylamine groups is 2. The molecule has 7 heteroatoms. The van der Waals surface area contributed by atoms with Crippen molar-refractivity contribution in [1.29, 1.82) is 0 Å². The third-order valence-electron chi connectivity index (χ3n) is 4.96. The standard InChI is InChI=1S/C14H24BN3O3/c1-13(2)14(3,4)21-15(20-13)11-9-16-18(10-11)12-5-7-17(19)8-6-12/h9-10,12,19H,5-8H2,1-4H3. The minimum atomic E-state index is -0.360. The molecular formula is C14H24BN3O3. The molecule has 0 radical (unpaired) electrons. The molecule has 21 heavy (non-hydrogen) atoms. The molecule has 1 N–H and O–H groups in total. The van der Waals surface area contributed by atoms with Crippen LogP contribution in [0.4, 0.5) is 0 Å². The maximum absolute atomic E-state index is 9.43. The number of hydrogen-bond donors (Lipinski definition) is 1. The highest BCUT2D eigenvalue weighted by atomic mass is 16.7. The third kappa shape index (κ3) is 2.75. The highest BCUT2D eigenvalue weighted by molar-refractivity contribution is 6.61. The largest absolute Gasteiger partial charge is 0.498 e. The summed E-state index contributed by atoms with van der Waals surface area (Å²) in [6.07, 6.45) is 5.65. The maximum Gasteiger partial charge on any atom is 0.498 e. The molecule has 2 aliphatic heterocycles. The van der Waals surface area contributed by atoms with Crippen LogP contribution in [0.15, 0.2) is 12.4 Å². The van der Waals surface area contributed by atoms with E-state index in [1.165, 1.54) is 5.06 Å². The molecule has 0 unspecified atom stereocenters. The molecule has 2 fully saturated rings. The predicted molar refractivity (Wildman–Crippen MR) is 79.6 cm³/mol. The van der Waals surface area contributed by atoms with Crippen LogP contribution < -0.4 is 5.46 Å². The van der Waals surface area contributed by atoms with Gasteiger partial charge in [-0.25, -0.2) is 0 Å². The first kappa shape index (κ1) is 15.0. The summed E-state index contributed by atoms with van der Waals surface area (Å²) >= 11 is 0. The fourth-order valence-corrected chi connectivity index (χ4v) is 2.77. The molecule has 2 saturated heterocycles. The Morgan fingerprint density at radius 3 is 2.33 bits per heavy atom. The van der Waals surface area contributed by atoms with Crippen LogP contribution in [0, 0.1) is 0 Å². The molecule has 0 saturated carbocycles. The molecule has 0 aromatic carbocycles. The van der Waals surface area contributed by atoms with Crippen molar-refractivity contribution in [2.75, 3.05) is 13.1 Å². The first-order chi connectivity index (χ1) is 9.78. The van der Waals surface area contributed by atoms with E-state index in [1.807, 2.05) is 44.8 Å². The average Bonchev–Trinajstić information content (AvgIpc) is 2.94. The minimum Gasteiger partial charge on any atom is -0.399 e. The van der Waals surface area contributed by atoms with Crippen molar-refractivity contribution in [3.05, 3.63) is 12.4 Å². The summed E-state index contributed by atoms with van der Waals surface area (Å²) in [5.41, 5.74) is 0.296. The number of rotatable bonds is 2. The van der Waals surface area contributed by atoms with Crippen molar-refractivity contribution < 1.29 is 14.5 Å². The summed E-state index contributed by atoms with van der Waals surface area (Å²) in [5, 5.41) is 15.3. The van der Waals surface area contributed by atoms with Gasteiger partial charge in [-0.15, -0.1) is 0 Å². The smallest absolute Gasteiger partial charge is 0.399 e. The molecule has 116 valence electrons. The maximum atomic E-state index is 9.43. The highest BCUT2D eigenvalue weighted by Crippen LogP contribution is 2.36. The highest BCUT2D eigenvalue weighted by Gasteiger charge is 2.52. The second-order valence-corrected chi connectivity index (χ2v) is 7.03. The van der Waals surface area contributed by atoms with Crippen LogP contribution in [0.3, 0.4) is 0 Å². The Labute approximate surface area is 126 Å². The molecule has 0 spiro atoms. The van der Waals surface area contributed by atoms with Gasteiger partial charge in [-0.3, -0.25) is 4.68 Å². The summed E-state index contributed by atoms with van der Waals surface area (Å²) in [6, 6.07) is 0.338. The number of aromatic nitrogens is 2. The average molecular weight is 293 g/mol. The predicted octanol–water partition coefficient (Wildman–Crippen LogP) is 1.21. The van der Waals surface area contributed by atoms with E-state index in [0.29, 0.717) is 19.1 Å². The summed E-state index contributed by atoms with van der Waals surface area (Å²) in [7, 11) is -0.360. The quantitative estimate of drug-likeness (QED) is 0.831. The molecule has 6 nitrogen and oxygen atoms in total. The Hall–Kier alpha value is -0.885. The van der Waals surface area contributed by atoms with Gasteiger partial charge in [-0.2, -0.15) is 10.2 Å². The SMILES string of the molecule is CC1(C)OB(c2cnn(C3CCN(O)CC3)c2)OC1(C)C. The molecular weight excluding hydrogens is 269 g/mol. The number of nitrogens with zero attached hydrogens (tertiary/aromatic N) is 3. The summed E-state index contributed by atoms with van der Waals surface area (Å²) in [5.74, 6) is 0. The van der Waals surface area contributed by atoms with Gasteiger partial charge in [0, 0.05) is 30.9 Å². The Morgan fingerprint density at radius 2 is 1.76 bits per heavy atom. The Morgan fingerprint density at radius 1 is 1.19 bits per heavy atom. The Bertz CT molecular complexity index is 493. The fraction of sp³-hybridized carbons (Fsp3) is 0.786. The zero-order valence-corrected chi connectivity index (χ0v) is 13.2. The van der Waals surface area contributed by atoms with Crippen molar-refractivity contribution in [3.8, 4) is 0 Å². The van der Waals surface area contributed by atoms with E-state index in [9.17, 15) is 5.21 Å². The van der Waals surface area contributed by atoms with Crippen LogP contribution in [0.1, 0.15) is 46.6 Å². The van der Waals surface area contributed by atoms with Crippen molar-refractivity contribution in [2.24, 2.45) is 0 Å². The molecule has 3 rings (SSSR count). The van der Waals surface area contributed by atoms with Crippen LogP contribution in [0.2, 0.25) is 0 Å². The zero-order chi connectivity index (χ0) is 15.3. The molecule has 3 heterocycles. The summed E-state index contributed by atoms with van der Waals surface area (Å²) < 4.78 is 14.1. The van der Waals surface area contributed by atoms with E-state index in [-0.39, 0.29) is 18.3 Å². The van der Waals surface area contributed by atoms with Crippen molar-refractivity contribution >= 4 is 12.6 Å². The Kier molecular flexibility index (Phi) is 3.64. The third-order valence-corrected chi connectivity index (χ3v) is 4.96. The fourth-order valence-electron chi connectivity index (χ4n) is 2.77. The van der Waals surface area contributed by atoms with Gasteiger partial charge in [0.1, 0.15) is 0 Å². The molecule has 0 bridgehead atoms. The zero-order valence-electron chi connectivity index (χ0n) is 13.2. The van der Waals surface area contributed by atoms with Crippen LogP contribution in [-0.2, 0) is 9.31 Å². The van der Waals surface area contributed by atoms with E-state index in [1.54, 1.807) is 0 Å². The van der Waals surface area contributed by atoms with Crippen molar-refractivity contribution in [1.82, 2.24) is 14.8 Å². The second-order valence-electron chi connectivity index (χ2n) is 7.03. The van der Waals surface area contributed by atoms with Gasteiger partial charge in [0.2, 0.25) is 0 Å². The van der Waals surface area contributed by atoms with E-state index in [4.69, 9.17) is 9.31 Å². The normalized spacial score (nSPS) is 26.4. The van der Waals surface area contributed by atoms with Crippen LogP contribution >= 0.6 is 0 Å². The van der Waals surface area contributed by atoms with Gasteiger partial charge in [-0.1, -0.05) is 0 Å². The summed E-state index contributed by atoms with van der Waals surface area (Å²) in [6.45, 7) is 9.58. The van der Waals surface area contributed by atoms with Gasteiger partial charge >= 0.3 is 7.12 Å². The topological polar surface area (TPSA) is 59.8 Å². The van der Waals surface area contributed by atoms with E-state index in [2.05, 4.69) is 5.10 Å². The van der Waals surface area contributed by atoms with Crippen LogP contribution in [-0.4, -0.2) is 51.5 Å². The minimum absolute atomic E-state index is 0.331. The summed E-state index contributed by atoms with van der Waals surface area (Å²) in [4.78, 5) is 0. The number of hydrogen-bond acceptors (Lipinski definition) is 5. The first-order valence-electron chi connectivity index (χ1n) is 7.62. The van der Waals surface area contributed by atoms with Gasteiger partial charge in [0.05, 0.1) is 17.2 Å².